The molecule has 0 saturated heterocycles. The number of nitrogens with two attached hydrogens (primary N) is 1. The maximum absolute atomic E-state index is 11.8. The number of esters is 1. The molecule has 1 atom stereocenters. The minimum atomic E-state index is -0.582. The van der Waals surface area contributed by atoms with E-state index < -0.39 is 6.04 Å². The van der Waals surface area contributed by atoms with Crippen LogP contribution in [0.1, 0.15) is 11.6 Å². The standard InChI is InChI=1S/C12H13N3O2S/c1-17-11(16)10(8-5-3-2-4-6-8)15-12-14-7-9(13)18-12/h2-7,10H,13H2,1H3,(H,14,15). The van der Waals surface area contributed by atoms with Gasteiger partial charge >= 0.3 is 5.97 Å². The predicted octanol–water partition coefficient (Wildman–Crippen LogP) is 2.05. The molecule has 0 amide bonds. The van der Waals surface area contributed by atoms with Crippen molar-refractivity contribution in [3.05, 3.63) is 42.1 Å². The minimum Gasteiger partial charge on any atom is -0.467 e. The second-order valence-corrected chi connectivity index (χ2v) is 4.64. The highest BCUT2D eigenvalue weighted by Crippen LogP contribution is 2.25. The van der Waals surface area contributed by atoms with Crippen molar-refractivity contribution in [2.75, 3.05) is 18.2 Å². The number of nitrogen functional groups attached to an aromatic ring is 1. The molecule has 2 rings (SSSR count). The van der Waals surface area contributed by atoms with Crippen LogP contribution in [0.4, 0.5) is 10.1 Å². The maximum Gasteiger partial charge on any atom is 0.333 e. The molecule has 6 heteroatoms. The molecule has 0 aliphatic heterocycles. The lowest BCUT2D eigenvalue weighted by Crippen LogP contribution is -2.22. The van der Waals surface area contributed by atoms with Crippen molar-refractivity contribution in [2.24, 2.45) is 0 Å². The first-order chi connectivity index (χ1) is 8.70. The zero-order chi connectivity index (χ0) is 13.0. The van der Waals surface area contributed by atoms with Gasteiger partial charge in [-0.3, -0.25) is 0 Å². The van der Waals surface area contributed by atoms with Crippen molar-refractivity contribution in [2.45, 2.75) is 6.04 Å². The Kier molecular flexibility index (Phi) is 3.78. The molecule has 0 fully saturated rings. The van der Waals surface area contributed by atoms with Crippen molar-refractivity contribution >= 4 is 27.4 Å². The van der Waals surface area contributed by atoms with Gasteiger partial charge in [0.15, 0.2) is 11.2 Å². The van der Waals surface area contributed by atoms with Crippen LogP contribution >= 0.6 is 11.3 Å². The van der Waals surface area contributed by atoms with Crippen molar-refractivity contribution < 1.29 is 9.53 Å². The number of carbonyl (C=O) groups excluding carboxylic acids is 1. The number of methoxy groups -OCH3 is 1. The number of rotatable bonds is 4. The number of anilines is 2. The summed E-state index contributed by atoms with van der Waals surface area (Å²) < 4.78 is 4.79. The first-order valence-corrected chi connectivity index (χ1v) is 6.13. The van der Waals surface area contributed by atoms with Gasteiger partial charge in [-0.15, -0.1) is 0 Å². The lowest BCUT2D eigenvalue weighted by molar-refractivity contribution is -0.141. The normalized spacial score (nSPS) is 11.8. The van der Waals surface area contributed by atoms with Crippen molar-refractivity contribution in [1.29, 1.82) is 0 Å². The number of aromatic nitrogens is 1. The van der Waals surface area contributed by atoms with Crippen LogP contribution in [0.25, 0.3) is 0 Å². The molecule has 5 nitrogen and oxygen atoms in total. The first-order valence-electron chi connectivity index (χ1n) is 5.31. The third-order valence-electron chi connectivity index (χ3n) is 2.36. The molecule has 0 aliphatic carbocycles. The van der Waals surface area contributed by atoms with Gasteiger partial charge in [-0.1, -0.05) is 41.7 Å². The monoisotopic (exact) mass is 263 g/mol. The molecule has 18 heavy (non-hydrogen) atoms. The molecule has 1 unspecified atom stereocenters. The fraction of sp³-hybridized carbons (Fsp3) is 0.167. The Balaban J connectivity index is 2.24. The van der Waals surface area contributed by atoms with E-state index in [9.17, 15) is 4.79 Å². The lowest BCUT2D eigenvalue weighted by Gasteiger charge is -2.15. The number of hydrogen-bond acceptors (Lipinski definition) is 6. The summed E-state index contributed by atoms with van der Waals surface area (Å²) in [5.41, 5.74) is 6.42. The van der Waals surface area contributed by atoms with Gasteiger partial charge in [-0.2, -0.15) is 0 Å². The Bertz CT molecular complexity index is 527. The molecule has 0 aliphatic rings. The number of thiazole rings is 1. The van der Waals surface area contributed by atoms with Crippen LogP contribution in [0.2, 0.25) is 0 Å². The zero-order valence-corrected chi connectivity index (χ0v) is 10.6. The van der Waals surface area contributed by atoms with E-state index in [-0.39, 0.29) is 5.97 Å². The van der Waals surface area contributed by atoms with Gasteiger partial charge in [-0.05, 0) is 5.56 Å². The number of nitrogens with one attached hydrogen (secondary N) is 1. The van der Waals surface area contributed by atoms with E-state index in [1.807, 2.05) is 30.3 Å². The number of nitrogens with zero attached hydrogens (tertiary/aromatic N) is 1. The molecular weight excluding hydrogens is 250 g/mol. The van der Waals surface area contributed by atoms with Gasteiger partial charge in [-0.25, -0.2) is 9.78 Å². The Labute approximate surface area is 109 Å². The van der Waals surface area contributed by atoms with E-state index in [0.717, 1.165) is 5.56 Å². The second-order valence-electron chi connectivity index (χ2n) is 3.58. The largest absolute Gasteiger partial charge is 0.467 e. The summed E-state index contributed by atoms with van der Waals surface area (Å²) in [5, 5.41) is 4.20. The highest BCUT2D eigenvalue weighted by atomic mass is 32.1. The average molecular weight is 263 g/mol. The van der Waals surface area contributed by atoms with E-state index in [1.165, 1.54) is 18.4 Å². The third-order valence-corrected chi connectivity index (χ3v) is 3.12. The van der Waals surface area contributed by atoms with Crippen LogP contribution in [0.15, 0.2) is 36.5 Å². The van der Waals surface area contributed by atoms with E-state index in [2.05, 4.69) is 10.3 Å². The van der Waals surface area contributed by atoms with E-state index in [1.54, 1.807) is 6.20 Å². The number of carbonyl (C=O) groups is 1. The number of hydrogen-bond donors (Lipinski definition) is 2. The highest BCUT2D eigenvalue weighted by molar-refractivity contribution is 7.19. The smallest absolute Gasteiger partial charge is 0.333 e. The molecule has 1 aromatic carbocycles. The highest BCUT2D eigenvalue weighted by Gasteiger charge is 2.22. The molecule has 0 spiro atoms. The lowest BCUT2D eigenvalue weighted by atomic mass is 10.1. The topological polar surface area (TPSA) is 77.2 Å². The third kappa shape index (κ3) is 2.78. The molecule has 94 valence electrons. The maximum atomic E-state index is 11.8. The van der Waals surface area contributed by atoms with Crippen LogP contribution in [0.3, 0.4) is 0 Å². The fourth-order valence-electron chi connectivity index (χ4n) is 1.52. The predicted molar refractivity (Wildman–Crippen MR) is 71.3 cm³/mol. The van der Waals surface area contributed by atoms with E-state index in [0.29, 0.717) is 10.1 Å². The van der Waals surface area contributed by atoms with Crippen LogP contribution in [0.5, 0.6) is 0 Å². The van der Waals surface area contributed by atoms with Crippen LogP contribution in [-0.2, 0) is 9.53 Å². The Morgan fingerprint density at radius 1 is 1.44 bits per heavy atom. The molecule has 0 saturated carbocycles. The summed E-state index contributed by atoms with van der Waals surface area (Å²) >= 11 is 1.29. The summed E-state index contributed by atoms with van der Waals surface area (Å²) in [7, 11) is 1.36. The summed E-state index contributed by atoms with van der Waals surface area (Å²) in [4.78, 5) is 15.9. The molecular formula is C12H13N3O2S. The average Bonchev–Trinajstić information content (AvgIpc) is 2.82. The summed E-state index contributed by atoms with van der Waals surface area (Å²) in [6.45, 7) is 0. The van der Waals surface area contributed by atoms with Crippen LogP contribution < -0.4 is 11.1 Å². The number of ether oxygens (including phenoxy) is 1. The molecule has 3 N–H and O–H groups in total. The van der Waals surface area contributed by atoms with Crippen molar-refractivity contribution in [1.82, 2.24) is 4.98 Å². The number of benzene rings is 1. The van der Waals surface area contributed by atoms with E-state index >= 15 is 0 Å². The minimum absolute atomic E-state index is 0.366. The first kappa shape index (κ1) is 12.4. The van der Waals surface area contributed by atoms with Crippen molar-refractivity contribution in [3.8, 4) is 0 Å². The van der Waals surface area contributed by atoms with Gasteiger partial charge in [0.05, 0.1) is 13.3 Å². The molecule has 0 radical (unpaired) electrons. The summed E-state index contributed by atoms with van der Waals surface area (Å²) in [6.07, 6.45) is 1.55. The Morgan fingerprint density at radius 3 is 2.72 bits per heavy atom. The van der Waals surface area contributed by atoms with E-state index in [4.69, 9.17) is 10.5 Å². The van der Waals surface area contributed by atoms with Gasteiger partial charge in [0.1, 0.15) is 5.00 Å². The summed E-state index contributed by atoms with van der Waals surface area (Å²) in [6, 6.07) is 8.74. The van der Waals surface area contributed by atoms with Gasteiger partial charge < -0.3 is 15.8 Å². The van der Waals surface area contributed by atoms with Crippen LogP contribution in [0, 0.1) is 0 Å². The summed E-state index contributed by atoms with van der Waals surface area (Å²) in [5.74, 6) is -0.366. The van der Waals surface area contributed by atoms with Crippen molar-refractivity contribution in [3.63, 3.8) is 0 Å². The molecule has 2 aromatic rings. The Hall–Kier alpha value is -2.08. The molecule has 1 heterocycles. The van der Waals surface area contributed by atoms with Gasteiger partial charge in [0.25, 0.3) is 0 Å². The second kappa shape index (κ2) is 5.50. The van der Waals surface area contributed by atoms with Crippen LogP contribution in [-0.4, -0.2) is 18.1 Å². The molecule has 1 aromatic heterocycles. The Morgan fingerprint density at radius 2 is 2.17 bits per heavy atom. The quantitative estimate of drug-likeness (QED) is 0.825. The fourth-order valence-corrected chi connectivity index (χ4v) is 2.13. The molecule has 0 bridgehead atoms. The SMILES string of the molecule is COC(=O)C(Nc1ncc(N)s1)c1ccccc1. The zero-order valence-electron chi connectivity index (χ0n) is 9.79. The van der Waals surface area contributed by atoms with Gasteiger partial charge in [0.2, 0.25) is 0 Å². The van der Waals surface area contributed by atoms with Gasteiger partial charge in [0, 0.05) is 0 Å².